The molecule has 6 heteroatoms. The summed E-state index contributed by atoms with van der Waals surface area (Å²) in [5, 5.41) is 13.7. The Hall–Kier alpha value is -2.08. The van der Waals surface area contributed by atoms with Crippen molar-refractivity contribution in [1.29, 1.82) is 0 Å². The molecule has 3 rings (SSSR count). The van der Waals surface area contributed by atoms with Crippen molar-refractivity contribution in [3.63, 3.8) is 0 Å². The number of aliphatic hydroxyl groups is 1. The molecule has 1 saturated heterocycles. The maximum absolute atomic E-state index is 12.4. The molecule has 2 atom stereocenters. The van der Waals surface area contributed by atoms with Crippen LogP contribution >= 0.6 is 0 Å². The first-order valence-corrected chi connectivity index (χ1v) is 7.17. The van der Waals surface area contributed by atoms with E-state index in [1.165, 1.54) is 0 Å². The van der Waals surface area contributed by atoms with Gasteiger partial charge in [-0.15, -0.1) is 0 Å². The zero-order valence-electron chi connectivity index (χ0n) is 12.0. The van der Waals surface area contributed by atoms with E-state index in [0.29, 0.717) is 31.2 Å². The third-order valence-electron chi connectivity index (χ3n) is 3.94. The zero-order chi connectivity index (χ0) is 14.8. The van der Waals surface area contributed by atoms with Crippen LogP contribution in [0.15, 0.2) is 35.0 Å². The molecule has 2 aromatic heterocycles. The van der Waals surface area contributed by atoms with Crippen molar-refractivity contribution in [2.24, 2.45) is 5.92 Å². The summed E-state index contributed by atoms with van der Waals surface area (Å²) in [5.41, 5.74) is 0. The second-order valence-electron chi connectivity index (χ2n) is 5.51. The maximum atomic E-state index is 12.4. The van der Waals surface area contributed by atoms with Crippen molar-refractivity contribution in [3.8, 4) is 0 Å². The van der Waals surface area contributed by atoms with Gasteiger partial charge in [-0.05, 0) is 31.5 Å². The van der Waals surface area contributed by atoms with E-state index in [1.54, 1.807) is 34.8 Å². The number of hydrogen-bond acceptors (Lipinski definition) is 4. The average Bonchev–Trinajstić information content (AvgIpc) is 3.20. The monoisotopic (exact) mass is 289 g/mol. The molecule has 0 saturated carbocycles. The highest BCUT2D eigenvalue weighted by Crippen LogP contribution is 2.22. The molecule has 0 radical (unpaired) electrons. The molecule has 1 fully saturated rings. The van der Waals surface area contributed by atoms with Gasteiger partial charge in [0.2, 0.25) is 0 Å². The van der Waals surface area contributed by atoms with Crippen molar-refractivity contribution in [1.82, 2.24) is 14.7 Å². The van der Waals surface area contributed by atoms with Crippen molar-refractivity contribution < 1.29 is 14.3 Å². The Morgan fingerprint density at radius 2 is 2.43 bits per heavy atom. The number of amides is 1. The molecule has 112 valence electrons. The summed E-state index contributed by atoms with van der Waals surface area (Å²) in [5.74, 6) is 1.11. The first-order valence-electron chi connectivity index (χ1n) is 7.17. The van der Waals surface area contributed by atoms with Crippen LogP contribution in [0.4, 0.5) is 0 Å². The number of aliphatic hydroxyl groups excluding tert-OH is 1. The summed E-state index contributed by atoms with van der Waals surface area (Å²) in [7, 11) is 0. The van der Waals surface area contributed by atoms with E-state index in [1.807, 2.05) is 12.3 Å². The maximum Gasteiger partial charge on any atom is 0.289 e. The Morgan fingerprint density at radius 1 is 1.57 bits per heavy atom. The predicted molar refractivity (Wildman–Crippen MR) is 75.7 cm³/mol. The Morgan fingerprint density at radius 3 is 3.10 bits per heavy atom. The summed E-state index contributed by atoms with van der Waals surface area (Å²) in [6.45, 7) is 3.54. The van der Waals surface area contributed by atoms with Crippen molar-refractivity contribution in [2.45, 2.75) is 26.0 Å². The molecule has 0 aliphatic carbocycles. The number of rotatable bonds is 4. The van der Waals surface area contributed by atoms with Crippen LogP contribution in [0.2, 0.25) is 0 Å². The van der Waals surface area contributed by atoms with E-state index in [2.05, 4.69) is 5.10 Å². The Kier molecular flexibility index (Phi) is 3.79. The van der Waals surface area contributed by atoms with Gasteiger partial charge in [0.15, 0.2) is 5.76 Å². The summed E-state index contributed by atoms with van der Waals surface area (Å²) >= 11 is 0. The van der Waals surface area contributed by atoms with Gasteiger partial charge in [-0.2, -0.15) is 5.10 Å². The number of aromatic nitrogens is 2. The smallest absolute Gasteiger partial charge is 0.289 e. The van der Waals surface area contributed by atoms with Crippen molar-refractivity contribution in [2.75, 3.05) is 13.1 Å². The molecule has 1 aliphatic heterocycles. The normalized spacial score (nSPS) is 19.9. The predicted octanol–water partition coefficient (Wildman–Crippen LogP) is 1.37. The van der Waals surface area contributed by atoms with Crippen molar-refractivity contribution >= 4 is 5.91 Å². The van der Waals surface area contributed by atoms with E-state index in [0.717, 1.165) is 6.42 Å². The molecule has 3 heterocycles. The lowest BCUT2D eigenvalue weighted by molar-refractivity contribution is 0.0729. The molecular formula is C15H19N3O3. The minimum absolute atomic E-state index is 0.107. The summed E-state index contributed by atoms with van der Waals surface area (Å²) in [6.07, 6.45) is 4.01. The van der Waals surface area contributed by atoms with Crippen LogP contribution in [0.5, 0.6) is 0 Å². The number of hydrogen-bond donors (Lipinski definition) is 1. The minimum Gasteiger partial charge on any atom is -0.454 e. The van der Waals surface area contributed by atoms with Gasteiger partial charge in [0.1, 0.15) is 5.76 Å². The van der Waals surface area contributed by atoms with E-state index in [4.69, 9.17) is 4.42 Å². The van der Waals surface area contributed by atoms with E-state index < -0.39 is 0 Å². The van der Waals surface area contributed by atoms with Crippen LogP contribution in [-0.2, 0) is 6.54 Å². The highest BCUT2D eigenvalue weighted by molar-refractivity contribution is 5.91. The average molecular weight is 289 g/mol. The number of carbonyl (C=O) groups excluding carboxylic acids is 1. The fourth-order valence-corrected chi connectivity index (χ4v) is 2.65. The first kappa shape index (κ1) is 13.9. The Labute approximate surface area is 123 Å². The Bertz CT molecular complexity index is 603. The van der Waals surface area contributed by atoms with Gasteiger partial charge in [-0.25, -0.2) is 0 Å². The fourth-order valence-electron chi connectivity index (χ4n) is 2.65. The molecule has 6 nitrogen and oxygen atoms in total. The van der Waals surface area contributed by atoms with Crippen LogP contribution in [0.1, 0.15) is 29.7 Å². The van der Waals surface area contributed by atoms with Gasteiger partial charge >= 0.3 is 0 Å². The summed E-state index contributed by atoms with van der Waals surface area (Å²) < 4.78 is 7.35. The fraction of sp³-hybridized carbons (Fsp3) is 0.467. The molecule has 0 bridgehead atoms. The number of likely N-dealkylation sites (tertiary alicyclic amines) is 1. The quantitative estimate of drug-likeness (QED) is 0.922. The lowest BCUT2D eigenvalue weighted by atomic mass is 10.0. The van der Waals surface area contributed by atoms with E-state index in [-0.39, 0.29) is 17.9 Å². The van der Waals surface area contributed by atoms with Crippen LogP contribution < -0.4 is 0 Å². The number of furan rings is 1. The molecule has 1 amide bonds. The minimum atomic E-state index is -0.380. The molecule has 21 heavy (non-hydrogen) atoms. The van der Waals surface area contributed by atoms with Crippen molar-refractivity contribution in [3.05, 3.63) is 42.1 Å². The molecule has 0 spiro atoms. The van der Waals surface area contributed by atoms with Gasteiger partial charge in [0.25, 0.3) is 5.91 Å². The molecule has 2 unspecified atom stereocenters. The largest absolute Gasteiger partial charge is 0.454 e. The van der Waals surface area contributed by atoms with Crippen LogP contribution in [0.25, 0.3) is 0 Å². The summed E-state index contributed by atoms with van der Waals surface area (Å²) in [4.78, 5) is 14.1. The van der Waals surface area contributed by atoms with Gasteiger partial charge < -0.3 is 14.4 Å². The standard InChI is InChI=1S/C15H19N3O3/c1-11(19)12-5-8-17(9-12)15(20)14-4-3-13(21-14)10-18-7-2-6-16-18/h2-4,6-7,11-12,19H,5,8-10H2,1H3. The second kappa shape index (κ2) is 5.73. The van der Waals surface area contributed by atoms with Gasteiger partial charge in [-0.1, -0.05) is 0 Å². The molecule has 2 aromatic rings. The Balaban J connectivity index is 1.64. The lowest BCUT2D eigenvalue weighted by Crippen LogP contribution is -2.30. The molecule has 1 N–H and O–H groups in total. The highest BCUT2D eigenvalue weighted by Gasteiger charge is 2.30. The van der Waals surface area contributed by atoms with Gasteiger partial charge in [-0.3, -0.25) is 9.48 Å². The van der Waals surface area contributed by atoms with Crippen LogP contribution in [-0.4, -0.2) is 44.9 Å². The first-order chi connectivity index (χ1) is 10.1. The third-order valence-corrected chi connectivity index (χ3v) is 3.94. The lowest BCUT2D eigenvalue weighted by Gasteiger charge is -2.16. The molecule has 1 aliphatic rings. The third kappa shape index (κ3) is 3.00. The molecular weight excluding hydrogens is 270 g/mol. The molecule has 0 aromatic carbocycles. The van der Waals surface area contributed by atoms with Gasteiger partial charge in [0, 0.05) is 31.4 Å². The number of nitrogens with zero attached hydrogens (tertiary/aromatic N) is 3. The second-order valence-corrected chi connectivity index (χ2v) is 5.51. The SMILES string of the molecule is CC(O)C1CCN(C(=O)c2ccc(Cn3cccn3)o2)C1. The van der Waals surface area contributed by atoms with Crippen LogP contribution in [0.3, 0.4) is 0 Å². The zero-order valence-corrected chi connectivity index (χ0v) is 12.0. The number of carbonyl (C=O) groups is 1. The van der Waals surface area contributed by atoms with Gasteiger partial charge in [0.05, 0.1) is 12.6 Å². The van der Waals surface area contributed by atoms with Crippen LogP contribution in [0, 0.1) is 5.92 Å². The van der Waals surface area contributed by atoms with E-state index >= 15 is 0 Å². The topological polar surface area (TPSA) is 71.5 Å². The van der Waals surface area contributed by atoms with E-state index in [9.17, 15) is 9.90 Å². The summed E-state index contributed by atoms with van der Waals surface area (Å²) in [6, 6.07) is 5.35. The highest BCUT2D eigenvalue weighted by atomic mass is 16.4.